The monoisotopic (exact) mass is 393 g/mol. The molecular weight excluding hydrogens is 378 g/mol. The molecule has 0 radical (unpaired) electrons. The molecule has 0 saturated heterocycles. The molecule has 5 N–H and O–H groups in total. The second-order valence-electron chi connectivity index (χ2n) is 5.66. The molecule has 3 aromatic rings. The molecule has 0 atom stereocenters. The highest BCUT2D eigenvalue weighted by Gasteiger charge is 2.15. The number of rotatable bonds is 6. The van der Waals surface area contributed by atoms with Crippen LogP contribution in [0.3, 0.4) is 0 Å². The average molecular weight is 393 g/mol. The highest BCUT2D eigenvalue weighted by molar-refractivity contribution is 5.92. The molecule has 1 amide bonds. The molecule has 0 unspecified atom stereocenters. The van der Waals surface area contributed by atoms with Crippen LogP contribution in [0.1, 0.15) is 5.56 Å². The molecule has 0 spiro atoms. The number of aromatic nitrogens is 3. The number of aliphatic carboxylic acids is 1. The number of carbonyl (C=O) groups is 2. The van der Waals surface area contributed by atoms with Crippen molar-refractivity contribution in [2.75, 3.05) is 23.0 Å². The number of nitrogens with two attached hydrogens (primary N) is 1. The van der Waals surface area contributed by atoms with E-state index in [-0.39, 0.29) is 17.6 Å². The summed E-state index contributed by atoms with van der Waals surface area (Å²) in [5, 5.41) is 26.9. The van der Waals surface area contributed by atoms with E-state index < -0.39 is 18.6 Å². The first kappa shape index (κ1) is 19.2. The minimum Gasteiger partial charge on any atom is -0.482 e. The van der Waals surface area contributed by atoms with E-state index in [9.17, 15) is 9.59 Å². The van der Waals surface area contributed by atoms with Gasteiger partial charge in [0.2, 0.25) is 11.9 Å². The predicted octanol–water partition coefficient (Wildman–Crippen LogP) is 2.02. The minimum atomic E-state index is -1.11. The summed E-state index contributed by atoms with van der Waals surface area (Å²) < 4.78 is 5.94. The third-order valence-electron chi connectivity index (χ3n) is 3.54. The number of carbonyl (C=O) groups excluding carboxylic acids is 1. The molecular formula is C18H15N7O4. The van der Waals surface area contributed by atoms with E-state index in [0.29, 0.717) is 16.9 Å². The van der Waals surface area contributed by atoms with Gasteiger partial charge in [-0.3, -0.25) is 0 Å². The molecule has 0 aliphatic carbocycles. The van der Waals surface area contributed by atoms with Crippen molar-refractivity contribution in [2.24, 2.45) is 0 Å². The Kier molecular flexibility index (Phi) is 5.56. The van der Waals surface area contributed by atoms with Gasteiger partial charge in [-0.05, 0) is 36.4 Å². The predicted molar refractivity (Wildman–Crippen MR) is 103 cm³/mol. The third kappa shape index (κ3) is 4.98. The zero-order chi connectivity index (χ0) is 20.8. The van der Waals surface area contributed by atoms with Gasteiger partial charge in [0, 0.05) is 17.4 Å². The molecule has 2 aromatic carbocycles. The molecule has 0 fully saturated rings. The highest BCUT2D eigenvalue weighted by Crippen LogP contribution is 2.19. The van der Waals surface area contributed by atoms with Crippen molar-refractivity contribution < 1.29 is 19.4 Å². The van der Waals surface area contributed by atoms with E-state index in [2.05, 4.69) is 20.7 Å². The first-order valence-electron chi connectivity index (χ1n) is 8.20. The van der Waals surface area contributed by atoms with E-state index in [1.165, 1.54) is 6.07 Å². The summed E-state index contributed by atoms with van der Waals surface area (Å²) in [6, 6.07) is 14.1. The van der Waals surface area contributed by atoms with Crippen LogP contribution in [0.15, 0.2) is 48.5 Å². The smallest absolute Gasteiger partial charge is 0.349 e. The second-order valence-corrected chi connectivity index (χ2v) is 5.66. The molecule has 1 aromatic heterocycles. The quantitative estimate of drug-likeness (QED) is 0.489. The van der Waals surface area contributed by atoms with E-state index in [4.69, 9.17) is 20.8 Å². The largest absolute Gasteiger partial charge is 0.482 e. The number of benzene rings is 2. The topological polar surface area (TPSA) is 168 Å². The van der Waals surface area contributed by atoms with Gasteiger partial charge < -0.3 is 26.2 Å². The van der Waals surface area contributed by atoms with E-state index in [1.54, 1.807) is 42.5 Å². The van der Waals surface area contributed by atoms with Crippen LogP contribution in [-0.4, -0.2) is 38.5 Å². The molecule has 1 heterocycles. The van der Waals surface area contributed by atoms with Crippen molar-refractivity contribution in [3.05, 3.63) is 54.1 Å². The summed E-state index contributed by atoms with van der Waals surface area (Å²) in [6.07, 6.45) is 0. The summed E-state index contributed by atoms with van der Waals surface area (Å²) in [4.78, 5) is 27.0. The Morgan fingerprint density at radius 2 is 1.97 bits per heavy atom. The second kappa shape index (κ2) is 8.40. The van der Waals surface area contributed by atoms with Crippen LogP contribution < -0.4 is 21.1 Å². The molecule has 0 aliphatic rings. The molecule has 0 saturated carbocycles. The number of hydrogen-bond acceptors (Lipinski definition) is 8. The molecule has 3 rings (SSSR count). The molecule has 0 aliphatic heterocycles. The Morgan fingerprint density at radius 1 is 1.21 bits per heavy atom. The average Bonchev–Trinajstić information content (AvgIpc) is 3.07. The number of carboxylic acids is 1. The Bertz CT molecular complexity index is 1090. The van der Waals surface area contributed by atoms with Crippen molar-refractivity contribution in [3.63, 3.8) is 0 Å². The van der Waals surface area contributed by atoms with E-state index >= 15 is 0 Å². The number of nitriles is 1. The van der Waals surface area contributed by atoms with Gasteiger partial charge in [-0.15, -0.1) is 9.78 Å². The van der Waals surface area contributed by atoms with Crippen molar-refractivity contribution in [1.82, 2.24) is 14.8 Å². The third-order valence-corrected chi connectivity index (χ3v) is 3.54. The fraction of sp³-hybridized carbons (Fsp3) is 0.0556. The molecule has 146 valence electrons. The van der Waals surface area contributed by atoms with Crippen LogP contribution in [0.25, 0.3) is 0 Å². The van der Waals surface area contributed by atoms with Crippen LogP contribution in [-0.2, 0) is 4.79 Å². The Labute approximate surface area is 164 Å². The molecule has 29 heavy (non-hydrogen) atoms. The normalized spacial score (nSPS) is 10.0. The van der Waals surface area contributed by atoms with Gasteiger partial charge in [0.05, 0.1) is 11.6 Å². The lowest BCUT2D eigenvalue weighted by Gasteiger charge is -2.08. The summed E-state index contributed by atoms with van der Waals surface area (Å²) in [6.45, 7) is -0.502. The maximum Gasteiger partial charge on any atom is 0.349 e. The number of nitrogen functional groups attached to an aromatic ring is 1. The van der Waals surface area contributed by atoms with Gasteiger partial charge in [0.1, 0.15) is 5.75 Å². The summed E-state index contributed by atoms with van der Waals surface area (Å²) >= 11 is 0. The van der Waals surface area contributed by atoms with Gasteiger partial charge in [0.15, 0.2) is 6.61 Å². The maximum atomic E-state index is 12.4. The Morgan fingerprint density at radius 3 is 2.66 bits per heavy atom. The first-order valence-corrected chi connectivity index (χ1v) is 8.20. The van der Waals surface area contributed by atoms with Crippen LogP contribution in [0.5, 0.6) is 5.75 Å². The highest BCUT2D eigenvalue weighted by atomic mass is 16.5. The summed E-state index contributed by atoms with van der Waals surface area (Å²) in [5.74, 6) is -0.880. The lowest BCUT2D eigenvalue weighted by Crippen LogP contribution is -2.22. The zero-order valence-electron chi connectivity index (χ0n) is 14.9. The van der Waals surface area contributed by atoms with Crippen molar-refractivity contribution in [1.29, 1.82) is 5.26 Å². The van der Waals surface area contributed by atoms with Crippen molar-refractivity contribution in [3.8, 4) is 11.8 Å². The van der Waals surface area contributed by atoms with Crippen LogP contribution in [0, 0.1) is 11.3 Å². The van der Waals surface area contributed by atoms with Crippen LogP contribution in [0.4, 0.5) is 28.1 Å². The number of amides is 1. The Hall–Kier alpha value is -4.59. The summed E-state index contributed by atoms with van der Waals surface area (Å²) in [5.41, 5.74) is 7.24. The van der Waals surface area contributed by atoms with E-state index in [0.717, 1.165) is 4.68 Å². The lowest BCUT2D eigenvalue weighted by molar-refractivity contribution is -0.139. The van der Waals surface area contributed by atoms with E-state index in [1.807, 2.05) is 6.07 Å². The number of carboxylic acid groups (broad SMARTS) is 1. The van der Waals surface area contributed by atoms with Gasteiger partial charge in [0.25, 0.3) is 0 Å². The number of nitrogens with zero attached hydrogens (tertiary/aromatic N) is 4. The number of ether oxygens (including phenoxy) is 1. The molecule has 0 bridgehead atoms. The number of hydrogen-bond donors (Lipinski definition) is 4. The Balaban J connectivity index is 1.69. The fourth-order valence-corrected chi connectivity index (χ4v) is 2.27. The van der Waals surface area contributed by atoms with Crippen molar-refractivity contribution >= 4 is 35.3 Å². The zero-order valence-corrected chi connectivity index (χ0v) is 14.9. The standard InChI is InChI=1S/C18H15N7O4/c19-9-11-4-6-12(7-5-11)21-17-23-16(20)25(24-17)18(28)22-13-2-1-3-14(8-13)29-10-15(26)27/h1-8H,10H2,(H,22,28)(H,26,27)(H3,20,21,23,24). The van der Waals surface area contributed by atoms with Gasteiger partial charge in [-0.25, -0.2) is 9.59 Å². The fourth-order valence-electron chi connectivity index (χ4n) is 2.27. The lowest BCUT2D eigenvalue weighted by atomic mass is 10.2. The first-order chi connectivity index (χ1) is 13.9. The molecule has 11 heteroatoms. The number of nitrogens with one attached hydrogen (secondary N) is 2. The minimum absolute atomic E-state index is 0.0981. The number of anilines is 4. The van der Waals surface area contributed by atoms with Gasteiger partial charge >= 0.3 is 12.0 Å². The molecule has 11 nitrogen and oxygen atoms in total. The van der Waals surface area contributed by atoms with Crippen LogP contribution >= 0.6 is 0 Å². The SMILES string of the molecule is N#Cc1ccc(Nc2nc(N)n(C(=O)Nc3cccc(OCC(=O)O)c3)n2)cc1. The maximum absolute atomic E-state index is 12.4. The van der Waals surface area contributed by atoms with Crippen molar-refractivity contribution in [2.45, 2.75) is 0 Å². The van der Waals surface area contributed by atoms with Gasteiger partial charge in [-0.2, -0.15) is 10.2 Å². The van der Waals surface area contributed by atoms with Crippen LogP contribution in [0.2, 0.25) is 0 Å². The summed E-state index contributed by atoms with van der Waals surface area (Å²) in [7, 11) is 0. The van der Waals surface area contributed by atoms with Gasteiger partial charge in [-0.1, -0.05) is 6.07 Å².